The molecule has 1 heterocycles. The summed E-state index contributed by atoms with van der Waals surface area (Å²) in [7, 11) is 1.67. The Labute approximate surface area is 104 Å². The minimum Gasteiger partial charge on any atom is -0.385 e. The van der Waals surface area contributed by atoms with Gasteiger partial charge in [0.25, 0.3) is 5.91 Å². The molecule has 0 fully saturated rings. The quantitative estimate of drug-likeness (QED) is 0.814. The number of hydrogen-bond donors (Lipinski definition) is 1. The number of carbonyl (C=O) groups is 1. The van der Waals surface area contributed by atoms with Gasteiger partial charge in [0.05, 0.1) is 5.56 Å². The molecule has 0 aliphatic carbocycles. The van der Waals surface area contributed by atoms with Crippen molar-refractivity contribution in [3.63, 3.8) is 0 Å². The third-order valence-electron chi connectivity index (χ3n) is 2.03. The zero-order valence-corrected chi connectivity index (χ0v) is 10.8. The highest BCUT2D eigenvalue weighted by Gasteiger charge is 2.04. The molecule has 0 spiro atoms. The summed E-state index contributed by atoms with van der Waals surface area (Å²) < 4.78 is 5.73. The largest absolute Gasteiger partial charge is 0.385 e. The Morgan fingerprint density at radius 3 is 3.00 bits per heavy atom. The summed E-state index contributed by atoms with van der Waals surface area (Å²) in [5, 5.41) is 2.83. The normalized spacial score (nSPS) is 10.1. The molecule has 0 bridgehead atoms. The number of nitrogens with zero attached hydrogens (tertiary/aromatic N) is 1. The van der Waals surface area contributed by atoms with E-state index in [9.17, 15) is 4.79 Å². The summed E-state index contributed by atoms with van der Waals surface area (Å²) in [6, 6.07) is 1.75. The van der Waals surface area contributed by atoms with Gasteiger partial charge in [-0.3, -0.25) is 9.78 Å². The summed E-state index contributed by atoms with van der Waals surface area (Å²) in [4.78, 5) is 15.6. The maximum atomic E-state index is 11.6. The fraction of sp³-hybridized carbons (Fsp3) is 0.455. The van der Waals surface area contributed by atoms with Gasteiger partial charge in [0, 0.05) is 37.1 Å². The van der Waals surface area contributed by atoms with Crippen LogP contribution in [0.2, 0.25) is 0 Å². The van der Waals surface area contributed by atoms with E-state index in [4.69, 9.17) is 4.74 Å². The number of rotatable bonds is 6. The lowest BCUT2D eigenvalue weighted by atomic mass is 10.2. The van der Waals surface area contributed by atoms with Crippen LogP contribution in [0, 0.1) is 0 Å². The molecule has 5 heteroatoms. The van der Waals surface area contributed by atoms with Crippen molar-refractivity contribution in [2.75, 3.05) is 20.3 Å². The van der Waals surface area contributed by atoms with Crippen LogP contribution in [0.25, 0.3) is 0 Å². The number of aromatic nitrogens is 1. The summed E-state index contributed by atoms with van der Waals surface area (Å²) >= 11 is 3.27. The highest BCUT2D eigenvalue weighted by atomic mass is 79.9. The lowest BCUT2D eigenvalue weighted by molar-refractivity contribution is 0.0951. The zero-order valence-electron chi connectivity index (χ0n) is 9.20. The minimum atomic E-state index is -0.0915. The number of nitrogens with one attached hydrogen (secondary N) is 1. The first-order valence-corrected chi connectivity index (χ1v) is 5.91. The van der Waals surface area contributed by atoms with Crippen LogP contribution in [0.15, 0.2) is 22.9 Å². The molecule has 16 heavy (non-hydrogen) atoms. The molecule has 1 aromatic heterocycles. The smallest absolute Gasteiger partial charge is 0.252 e. The van der Waals surface area contributed by atoms with E-state index >= 15 is 0 Å². The Kier molecular flexibility index (Phi) is 6.03. The summed E-state index contributed by atoms with van der Waals surface area (Å²) in [5.41, 5.74) is 0.570. The number of pyridine rings is 1. The average molecular weight is 287 g/mol. The van der Waals surface area contributed by atoms with E-state index in [1.807, 2.05) is 0 Å². The van der Waals surface area contributed by atoms with Crippen molar-refractivity contribution in [1.29, 1.82) is 0 Å². The second-order valence-electron chi connectivity index (χ2n) is 3.35. The first-order valence-electron chi connectivity index (χ1n) is 5.11. The standard InChI is InChI=1S/C11H15BrN2O2/c1-16-5-3-2-4-14-11(15)9-6-10(12)8-13-7-9/h6-8H,2-5H2,1H3,(H,14,15). The fourth-order valence-electron chi connectivity index (χ4n) is 1.21. The van der Waals surface area contributed by atoms with Crippen LogP contribution in [0.5, 0.6) is 0 Å². The van der Waals surface area contributed by atoms with Crippen molar-refractivity contribution in [1.82, 2.24) is 10.3 Å². The predicted octanol–water partition coefficient (Wildman–Crippen LogP) is 2.00. The van der Waals surface area contributed by atoms with Gasteiger partial charge in [0.15, 0.2) is 0 Å². The van der Waals surface area contributed by atoms with Crippen molar-refractivity contribution in [2.45, 2.75) is 12.8 Å². The van der Waals surface area contributed by atoms with Crippen molar-refractivity contribution >= 4 is 21.8 Å². The van der Waals surface area contributed by atoms with E-state index in [2.05, 4.69) is 26.2 Å². The third-order valence-corrected chi connectivity index (χ3v) is 2.46. The molecule has 0 aliphatic rings. The Hall–Kier alpha value is -0.940. The fourth-order valence-corrected chi connectivity index (χ4v) is 1.58. The topological polar surface area (TPSA) is 51.2 Å². The Balaban J connectivity index is 2.30. The molecule has 1 aromatic rings. The molecule has 0 saturated heterocycles. The maximum absolute atomic E-state index is 11.6. The molecule has 0 aromatic carbocycles. The van der Waals surface area contributed by atoms with E-state index in [0.29, 0.717) is 12.1 Å². The average Bonchev–Trinajstić information content (AvgIpc) is 2.28. The molecule has 1 amide bonds. The van der Waals surface area contributed by atoms with Crippen LogP contribution in [-0.4, -0.2) is 31.2 Å². The number of halogens is 1. The first kappa shape index (κ1) is 13.1. The molecule has 0 radical (unpaired) electrons. The van der Waals surface area contributed by atoms with Crippen LogP contribution in [0.3, 0.4) is 0 Å². The lowest BCUT2D eigenvalue weighted by Gasteiger charge is -2.04. The Morgan fingerprint density at radius 2 is 2.31 bits per heavy atom. The summed E-state index contributed by atoms with van der Waals surface area (Å²) in [6.45, 7) is 1.39. The molecule has 1 N–H and O–H groups in total. The molecule has 0 unspecified atom stereocenters. The van der Waals surface area contributed by atoms with Gasteiger partial charge in [-0.25, -0.2) is 0 Å². The molecule has 1 rings (SSSR count). The molecule has 0 atom stereocenters. The number of carbonyl (C=O) groups excluding carboxylic acids is 1. The van der Waals surface area contributed by atoms with Gasteiger partial charge in [-0.2, -0.15) is 0 Å². The minimum absolute atomic E-state index is 0.0915. The van der Waals surface area contributed by atoms with Crippen molar-refractivity contribution in [3.8, 4) is 0 Å². The highest BCUT2D eigenvalue weighted by molar-refractivity contribution is 9.10. The van der Waals surface area contributed by atoms with Crippen LogP contribution in [0.4, 0.5) is 0 Å². The maximum Gasteiger partial charge on any atom is 0.252 e. The molecule has 88 valence electrons. The van der Waals surface area contributed by atoms with Crippen molar-refractivity contribution in [3.05, 3.63) is 28.5 Å². The SMILES string of the molecule is COCCCCNC(=O)c1cncc(Br)c1. The van der Waals surface area contributed by atoms with Gasteiger partial charge in [0.2, 0.25) is 0 Å². The van der Waals surface area contributed by atoms with Gasteiger partial charge in [0.1, 0.15) is 0 Å². The number of unbranched alkanes of at least 4 members (excludes halogenated alkanes) is 1. The van der Waals surface area contributed by atoms with E-state index in [1.54, 1.807) is 25.6 Å². The van der Waals surface area contributed by atoms with E-state index in [0.717, 1.165) is 23.9 Å². The second-order valence-corrected chi connectivity index (χ2v) is 4.26. The number of ether oxygens (including phenoxy) is 1. The Bertz CT molecular complexity index is 345. The first-order chi connectivity index (χ1) is 7.74. The van der Waals surface area contributed by atoms with Crippen LogP contribution >= 0.6 is 15.9 Å². The number of methoxy groups -OCH3 is 1. The van der Waals surface area contributed by atoms with Gasteiger partial charge >= 0.3 is 0 Å². The molecule has 4 nitrogen and oxygen atoms in total. The van der Waals surface area contributed by atoms with Gasteiger partial charge in [-0.1, -0.05) is 0 Å². The summed E-state index contributed by atoms with van der Waals surface area (Å²) in [6.07, 6.45) is 5.07. The number of hydrogen-bond acceptors (Lipinski definition) is 3. The van der Waals surface area contributed by atoms with Crippen LogP contribution in [0.1, 0.15) is 23.2 Å². The van der Waals surface area contributed by atoms with Crippen molar-refractivity contribution in [2.24, 2.45) is 0 Å². The number of amides is 1. The molecular formula is C11H15BrN2O2. The van der Waals surface area contributed by atoms with E-state index in [1.165, 1.54) is 0 Å². The van der Waals surface area contributed by atoms with Crippen LogP contribution < -0.4 is 5.32 Å². The zero-order chi connectivity index (χ0) is 11.8. The highest BCUT2D eigenvalue weighted by Crippen LogP contribution is 2.09. The summed E-state index contributed by atoms with van der Waals surface area (Å²) in [5.74, 6) is -0.0915. The van der Waals surface area contributed by atoms with Gasteiger partial charge < -0.3 is 10.1 Å². The lowest BCUT2D eigenvalue weighted by Crippen LogP contribution is -2.24. The van der Waals surface area contributed by atoms with E-state index < -0.39 is 0 Å². The third kappa shape index (κ3) is 4.72. The van der Waals surface area contributed by atoms with Gasteiger partial charge in [-0.15, -0.1) is 0 Å². The predicted molar refractivity (Wildman–Crippen MR) is 65.4 cm³/mol. The molecular weight excluding hydrogens is 272 g/mol. The van der Waals surface area contributed by atoms with E-state index in [-0.39, 0.29) is 5.91 Å². The van der Waals surface area contributed by atoms with Crippen LogP contribution in [-0.2, 0) is 4.74 Å². The van der Waals surface area contributed by atoms with Gasteiger partial charge in [-0.05, 0) is 34.8 Å². The monoisotopic (exact) mass is 286 g/mol. The molecule has 0 aliphatic heterocycles. The van der Waals surface area contributed by atoms with Crippen molar-refractivity contribution < 1.29 is 9.53 Å². The molecule has 0 saturated carbocycles. The second kappa shape index (κ2) is 7.35. The Morgan fingerprint density at radius 1 is 1.50 bits per heavy atom.